The number of ether oxygens (including phenoxy) is 2. The van der Waals surface area contributed by atoms with Crippen LogP contribution in [0.2, 0.25) is 0 Å². The molecule has 606 valence electrons. The smallest absolute Gasteiger partial charge is 0.326 e. The van der Waals surface area contributed by atoms with Crippen LogP contribution in [0.4, 0.5) is 22.1 Å². The predicted octanol–water partition coefficient (Wildman–Crippen LogP) is 3.62. The number of aromatic nitrogens is 4. The van der Waals surface area contributed by atoms with Crippen LogP contribution in [0.15, 0.2) is 89.9 Å². The average molecular weight is 1540 g/mol. The number of nitrogens with two attached hydrogens (primary N) is 2. The Kier molecular flexibility index (Phi) is 34.6. The lowest BCUT2D eigenvalue weighted by molar-refractivity contribution is -0.148. The third-order valence-corrected chi connectivity index (χ3v) is 20.0. The molecule has 33 heteroatoms. The van der Waals surface area contributed by atoms with Gasteiger partial charge in [0.05, 0.1) is 61.1 Å². The van der Waals surface area contributed by atoms with Crippen molar-refractivity contribution in [1.29, 1.82) is 0 Å². The summed E-state index contributed by atoms with van der Waals surface area (Å²) in [7, 11) is 8.37. The normalized spacial score (nSPS) is 15.8. The molecule has 0 spiro atoms. The fourth-order valence-corrected chi connectivity index (χ4v) is 13.8. The molecule has 111 heavy (non-hydrogen) atoms. The number of aromatic amines is 1. The van der Waals surface area contributed by atoms with E-state index in [0.717, 1.165) is 11.1 Å². The van der Waals surface area contributed by atoms with Gasteiger partial charge in [-0.15, -0.1) is 0 Å². The number of hydrogen-bond acceptors (Lipinski definition) is 20. The Bertz CT molecular complexity index is 4020. The van der Waals surface area contributed by atoms with E-state index in [4.69, 9.17) is 20.9 Å². The lowest BCUT2D eigenvalue weighted by atomic mass is 9.89. The van der Waals surface area contributed by atoms with Crippen LogP contribution < -0.4 is 64.9 Å². The van der Waals surface area contributed by atoms with E-state index in [0.29, 0.717) is 49.3 Å². The zero-order valence-electron chi connectivity index (χ0n) is 66.1. The number of fused-ring (bicyclic) bond motifs is 1. The summed E-state index contributed by atoms with van der Waals surface area (Å²) in [4.78, 5) is 182. The number of carboxylic acids is 1. The zero-order chi connectivity index (χ0) is 81.9. The van der Waals surface area contributed by atoms with Gasteiger partial charge in [-0.3, -0.25) is 57.8 Å². The first-order valence-electron chi connectivity index (χ1n) is 37.8. The molecule has 0 radical (unpaired) electrons. The van der Waals surface area contributed by atoms with Gasteiger partial charge in [-0.1, -0.05) is 111 Å². The Morgan fingerprint density at radius 2 is 1.35 bits per heavy atom. The Labute approximate surface area is 648 Å². The molecule has 7 unspecified atom stereocenters. The maximum Gasteiger partial charge on any atom is 0.326 e. The number of methoxy groups -OCH3 is 2. The number of nitrogens with one attached hydrogen (secondary N) is 10. The highest BCUT2D eigenvalue weighted by Crippen LogP contribution is 2.31. The summed E-state index contributed by atoms with van der Waals surface area (Å²) >= 11 is 0. The monoisotopic (exact) mass is 1540 g/mol. The van der Waals surface area contributed by atoms with Gasteiger partial charge in [-0.25, -0.2) is 19.6 Å². The molecule has 0 saturated carbocycles. The van der Waals surface area contributed by atoms with E-state index in [1.165, 1.54) is 32.5 Å². The molecule has 12 atom stereocenters. The van der Waals surface area contributed by atoms with Crippen LogP contribution in [-0.2, 0) is 72.0 Å². The minimum Gasteiger partial charge on any atom is -0.480 e. The molecular formula is C78H114N18O15. The standard InChI is InChI=1S/C78H114N18O15/c1-15-46(8)65(95(12)75(106)62(44(4)5)91-74(105)64(45(6)7)94(10)11)58(110-13)40-60(98)96-38-20-24-57(96)66(111-14)47(9)68(99)89-56(39-49-21-17-16-18-22-49)70(101)81-37-35-48-25-29-52(30-26-48)86-71(102)54(23-19-36-82-78(80)109)87-72(103)61(43(2)3)90-59(97)34-33-55(76(107)108)88-69(100)50-27-31-51(32-28-50)83-41-53-42-84-67-63(85-53)73(104)93-77(79)92-67/h16-18,21-22,25-32,42-47,54-58,61-62,64-66,83H,15,19-20,23-24,33-41H2,1-14H3,(H,81,101)(H,86,102)(H,87,103)(H,88,100)(H,89,99)(H,90,97)(H,91,105)(H,107,108)(H3,80,82,109)(H3,79,84,92,93,104)/t46-,47?,54?,55?,56-,57-,58?,61+,62-,64?,65?,66?/m0/s1. The lowest BCUT2D eigenvalue weighted by Crippen LogP contribution is -2.59. The van der Waals surface area contributed by atoms with Crippen LogP contribution in [0.25, 0.3) is 11.2 Å². The molecule has 1 saturated heterocycles. The van der Waals surface area contributed by atoms with Gasteiger partial charge in [0, 0.05) is 70.7 Å². The molecule has 0 aliphatic carbocycles. The maximum absolute atomic E-state index is 14.7. The van der Waals surface area contributed by atoms with E-state index in [9.17, 15) is 62.6 Å². The summed E-state index contributed by atoms with van der Waals surface area (Å²) in [5, 5.41) is 35.2. The number of benzene rings is 3. The highest BCUT2D eigenvalue weighted by molar-refractivity contribution is 5.99. The number of likely N-dealkylation sites (tertiary alicyclic amines) is 1. The quantitative estimate of drug-likeness (QED) is 0.0248. The highest BCUT2D eigenvalue weighted by Gasteiger charge is 2.44. The predicted molar refractivity (Wildman–Crippen MR) is 419 cm³/mol. The molecule has 15 N–H and O–H groups in total. The first kappa shape index (κ1) is 89.2. The van der Waals surface area contributed by atoms with Gasteiger partial charge in [0.1, 0.15) is 30.2 Å². The van der Waals surface area contributed by atoms with Crippen molar-refractivity contribution in [3.63, 3.8) is 0 Å². The van der Waals surface area contributed by atoms with E-state index in [2.05, 4.69) is 67.8 Å². The van der Waals surface area contributed by atoms with E-state index in [-0.39, 0.29) is 110 Å². The number of nitrogen functional groups attached to an aromatic ring is 1. The second-order valence-electron chi connectivity index (χ2n) is 29.6. The Hall–Kier alpha value is -10.7. The lowest BCUT2D eigenvalue weighted by Gasteiger charge is -2.41. The number of hydrogen-bond donors (Lipinski definition) is 13. The van der Waals surface area contributed by atoms with Crippen molar-refractivity contribution in [2.75, 3.05) is 71.4 Å². The molecule has 1 fully saturated rings. The summed E-state index contributed by atoms with van der Waals surface area (Å²) in [6, 6.07) is 14.0. The number of aliphatic carboxylic acids is 1. The van der Waals surface area contributed by atoms with Crippen LogP contribution in [0, 0.1) is 29.6 Å². The highest BCUT2D eigenvalue weighted by atomic mass is 16.5. The van der Waals surface area contributed by atoms with Crippen molar-refractivity contribution in [2.45, 2.75) is 194 Å². The molecule has 6 rings (SSSR count). The van der Waals surface area contributed by atoms with E-state index >= 15 is 0 Å². The third kappa shape index (κ3) is 26.3. The summed E-state index contributed by atoms with van der Waals surface area (Å²) in [6.45, 7) is 17.5. The van der Waals surface area contributed by atoms with E-state index < -0.39 is 132 Å². The van der Waals surface area contributed by atoms with Gasteiger partial charge in [0.15, 0.2) is 11.2 Å². The van der Waals surface area contributed by atoms with Crippen molar-refractivity contribution in [3.05, 3.63) is 118 Å². The number of carbonyl (C=O) groups is 11. The van der Waals surface area contributed by atoms with Crippen LogP contribution in [-0.4, -0.2) is 220 Å². The Morgan fingerprint density at radius 1 is 0.694 bits per heavy atom. The van der Waals surface area contributed by atoms with Crippen molar-refractivity contribution < 1.29 is 67.3 Å². The summed E-state index contributed by atoms with van der Waals surface area (Å²) in [6.07, 6.45) is 1.61. The molecule has 3 aromatic carbocycles. The summed E-state index contributed by atoms with van der Waals surface area (Å²) < 4.78 is 12.2. The van der Waals surface area contributed by atoms with Crippen LogP contribution in [0.5, 0.6) is 0 Å². The molecule has 1 aliphatic heterocycles. The second kappa shape index (κ2) is 43.1. The minimum absolute atomic E-state index is 0.00382. The first-order valence-corrected chi connectivity index (χ1v) is 37.8. The van der Waals surface area contributed by atoms with Crippen molar-refractivity contribution in [3.8, 4) is 0 Å². The molecule has 1 aliphatic rings. The SMILES string of the molecule is CC[C@H](C)C(C(CC(=O)N1CCC[C@H]1C(OC)C(C)C(=O)N[C@@H](Cc1ccccc1)C(=O)NCCc1ccc(NC(=O)C(CCCNC(N)=O)NC(=O)[C@H](NC(=O)CCC(NC(=O)c2ccc(NCc3cnc4nc(N)[nH]c(=O)c4n3)cc2)C(=O)O)C(C)C)cc1)OC)N(C)C(=O)[C@@H](NC(=O)C(C(C)C)N(C)C)C(C)C. The van der Waals surface area contributed by atoms with Crippen molar-refractivity contribution in [1.82, 2.24) is 71.9 Å². The number of rotatable bonds is 43. The summed E-state index contributed by atoms with van der Waals surface area (Å²) in [5.41, 5.74) is 13.4. The molecule has 0 bridgehead atoms. The van der Waals surface area contributed by atoms with Crippen LogP contribution in [0.3, 0.4) is 0 Å². The number of urea groups is 1. The van der Waals surface area contributed by atoms with Crippen LogP contribution >= 0.6 is 0 Å². The van der Waals surface area contributed by atoms with Crippen LogP contribution in [0.1, 0.15) is 141 Å². The summed E-state index contributed by atoms with van der Waals surface area (Å²) in [5.74, 6) is -7.76. The number of H-pyrrole nitrogens is 1. The topological polar surface area (TPSA) is 468 Å². The molecule has 33 nitrogen and oxygen atoms in total. The molecule has 2 aromatic heterocycles. The first-order chi connectivity index (χ1) is 52.7. The second-order valence-corrected chi connectivity index (χ2v) is 29.6. The molecule has 5 aromatic rings. The molecular weight excluding hydrogens is 1430 g/mol. The van der Waals surface area contributed by atoms with Gasteiger partial charge in [-0.05, 0) is 124 Å². The maximum atomic E-state index is 14.7. The van der Waals surface area contributed by atoms with Crippen molar-refractivity contribution >= 4 is 93.7 Å². The van der Waals surface area contributed by atoms with Gasteiger partial charge in [0.25, 0.3) is 11.5 Å². The number of amides is 11. The van der Waals surface area contributed by atoms with E-state index in [1.54, 1.807) is 74.0 Å². The van der Waals surface area contributed by atoms with Gasteiger partial charge in [-0.2, -0.15) is 4.98 Å². The number of anilines is 3. The Morgan fingerprint density at radius 3 is 1.95 bits per heavy atom. The number of likely N-dealkylation sites (N-methyl/N-ethyl adjacent to an activating group) is 2. The van der Waals surface area contributed by atoms with E-state index in [1.807, 2.05) is 90.9 Å². The molecule has 3 heterocycles. The largest absolute Gasteiger partial charge is 0.480 e. The third-order valence-electron chi connectivity index (χ3n) is 20.0. The minimum atomic E-state index is -1.51. The zero-order valence-corrected chi connectivity index (χ0v) is 66.1. The number of nitrogens with zero attached hydrogens (tertiary/aromatic N) is 6. The molecule has 11 amide bonds. The Balaban J connectivity index is 1.03. The number of carboxylic acid groups (broad SMARTS) is 1. The van der Waals surface area contributed by atoms with Crippen molar-refractivity contribution in [2.24, 2.45) is 35.3 Å². The fourth-order valence-electron chi connectivity index (χ4n) is 13.8. The van der Waals surface area contributed by atoms with Gasteiger partial charge < -0.3 is 83.7 Å². The number of primary amides is 1. The van der Waals surface area contributed by atoms with Gasteiger partial charge >= 0.3 is 12.0 Å². The number of carbonyl (C=O) groups excluding carboxylic acids is 10. The van der Waals surface area contributed by atoms with Gasteiger partial charge in [0.2, 0.25) is 53.2 Å². The average Bonchev–Trinajstić information content (AvgIpc) is 1.80. The fraction of sp³-hybridized carbons (Fsp3) is 0.551.